The van der Waals surface area contributed by atoms with Crippen molar-refractivity contribution in [2.24, 2.45) is 5.41 Å². The second kappa shape index (κ2) is 6.47. The summed E-state index contributed by atoms with van der Waals surface area (Å²) >= 11 is 0. The van der Waals surface area contributed by atoms with Crippen molar-refractivity contribution in [3.05, 3.63) is 42.4 Å². The van der Waals surface area contributed by atoms with E-state index < -0.39 is 11.4 Å². The third kappa shape index (κ3) is 3.32. The number of hydrogen-bond acceptors (Lipinski definition) is 4. The average Bonchev–Trinajstić information content (AvgIpc) is 3.21. The molecule has 1 aliphatic heterocycles. The summed E-state index contributed by atoms with van der Waals surface area (Å²) in [6.07, 6.45) is 2.83. The van der Waals surface area contributed by atoms with Gasteiger partial charge in [0.25, 0.3) is 0 Å². The third-order valence-corrected chi connectivity index (χ3v) is 4.51. The molecule has 0 aliphatic carbocycles. The van der Waals surface area contributed by atoms with Crippen molar-refractivity contribution in [3.8, 4) is 11.3 Å². The fraction of sp³-hybridized carbons (Fsp3) is 0.389. The zero-order valence-electron chi connectivity index (χ0n) is 13.6. The number of aryl methyl sites for hydroxylation is 1. The van der Waals surface area contributed by atoms with Crippen molar-refractivity contribution in [2.45, 2.75) is 26.2 Å². The van der Waals surface area contributed by atoms with Crippen LogP contribution in [0.5, 0.6) is 0 Å². The van der Waals surface area contributed by atoms with E-state index in [0.717, 1.165) is 5.56 Å². The molecule has 1 fully saturated rings. The Hall–Kier alpha value is -2.63. The van der Waals surface area contributed by atoms with E-state index in [4.69, 9.17) is 4.42 Å². The quantitative estimate of drug-likeness (QED) is 0.912. The molecule has 0 bridgehead atoms. The second-order valence-corrected chi connectivity index (χ2v) is 6.42. The zero-order chi connectivity index (χ0) is 17.2. The van der Waals surface area contributed by atoms with Crippen molar-refractivity contribution in [2.75, 3.05) is 13.1 Å². The van der Waals surface area contributed by atoms with Gasteiger partial charge in [0.05, 0.1) is 11.6 Å². The minimum atomic E-state index is -0.849. The van der Waals surface area contributed by atoms with Crippen molar-refractivity contribution in [3.63, 3.8) is 0 Å². The Bertz CT molecular complexity index is 740. The summed E-state index contributed by atoms with van der Waals surface area (Å²) in [6.45, 7) is 2.44. The van der Waals surface area contributed by atoms with Gasteiger partial charge in [0, 0.05) is 31.5 Å². The summed E-state index contributed by atoms with van der Waals surface area (Å²) in [7, 11) is 0. The Balaban J connectivity index is 1.56. The lowest BCUT2D eigenvalue weighted by atomic mass is 9.90. The number of amides is 1. The van der Waals surface area contributed by atoms with E-state index in [1.54, 1.807) is 18.0 Å². The first-order chi connectivity index (χ1) is 11.5. The van der Waals surface area contributed by atoms with Crippen LogP contribution in [0.4, 0.5) is 0 Å². The largest absolute Gasteiger partial charge is 0.481 e. The van der Waals surface area contributed by atoms with Gasteiger partial charge in [0.1, 0.15) is 0 Å². The molecule has 1 amide bonds. The van der Waals surface area contributed by atoms with E-state index in [-0.39, 0.29) is 18.9 Å². The molecule has 2 aromatic rings. The first-order valence-corrected chi connectivity index (χ1v) is 7.99. The van der Waals surface area contributed by atoms with Gasteiger partial charge in [-0.15, -0.1) is 0 Å². The van der Waals surface area contributed by atoms with Crippen LogP contribution in [-0.4, -0.2) is 40.0 Å². The number of carbonyl (C=O) groups excluding carboxylic acids is 1. The lowest BCUT2D eigenvalue weighted by Crippen LogP contribution is -2.34. The molecule has 1 saturated heterocycles. The molecule has 3 rings (SSSR count). The molecular formula is C18H20N2O4. The van der Waals surface area contributed by atoms with Crippen LogP contribution in [0.25, 0.3) is 11.3 Å². The van der Waals surface area contributed by atoms with E-state index in [1.165, 1.54) is 0 Å². The molecule has 24 heavy (non-hydrogen) atoms. The number of rotatable bonds is 5. The highest BCUT2D eigenvalue weighted by atomic mass is 16.4. The molecular weight excluding hydrogens is 308 g/mol. The summed E-state index contributed by atoms with van der Waals surface area (Å²) in [4.78, 5) is 29.4. The molecule has 1 atom stereocenters. The maximum atomic E-state index is 12.3. The number of aliphatic carboxylic acids is 1. The van der Waals surface area contributed by atoms with Gasteiger partial charge < -0.3 is 14.4 Å². The fourth-order valence-electron chi connectivity index (χ4n) is 2.88. The Morgan fingerprint density at radius 1 is 1.33 bits per heavy atom. The standard InChI is InChI=1S/C18H20N2O4/c1-18(17(22)23)9-10-20(12-18)16(21)8-7-15-19-11-14(24-15)13-5-3-2-4-6-13/h2-6,11H,7-10,12H2,1H3,(H,22,23). The SMILES string of the molecule is CC1(C(=O)O)CCN(C(=O)CCc2ncc(-c3ccccc3)o2)C1. The Labute approximate surface area is 140 Å². The molecule has 6 heteroatoms. The number of carboxylic acid groups (broad SMARTS) is 1. The molecule has 126 valence electrons. The summed E-state index contributed by atoms with van der Waals surface area (Å²) in [5.41, 5.74) is 0.110. The molecule has 1 aromatic carbocycles. The lowest BCUT2D eigenvalue weighted by Gasteiger charge is -2.19. The van der Waals surface area contributed by atoms with Crippen molar-refractivity contribution in [1.29, 1.82) is 0 Å². The summed E-state index contributed by atoms with van der Waals surface area (Å²) in [6, 6.07) is 9.65. The van der Waals surface area contributed by atoms with Crippen LogP contribution in [0, 0.1) is 5.41 Å². The number of oxazole rings is 1. The predicted octanol–water partition coefficient (Wildman–Crippen LogP) is 2.60. The molecule has 0 spiro atoms. The predicted molar refractivity (Wildman–Crippen MR) is 87.2 cm³/mol. The number of carboxylic acids is 1. The van der Waals surface area contributed by atoms with Crippen molar-refractivity contribution < 1.29 is 19.1 Å². The van der Waals surface area contributed by atoms with Gasteiger partial charge in [-0.1, -0.05) is 30.3 Å². The molecule has 0 radical (unpaired) electrons. The minimum Gasteiger partial charge on any atom is -0.481 e. The molecule has 2 heterocycles. The second-order valence-electron chi connectivity index (χ2n) is 6.42. The highest BCUT2D eigenvalue weighted by Crippen LogP contribution is 2.30. The molecule has 1 aromatic heterocycles. The van der Waals surface area contributed by atoms with Gasteiger partial charge >= 0.3 is 5.97 Å². The third-order valence-electron chi connectivity index (χ3n) is 4.51. The Morgan fingerprint density at radius 2 is 2.08 bits per heavy atom. The smallest absolute Gasteiger partial charge is 0.311 e. The first kappa shape index (κ1) is 16.2. The van der Waals surface area contributed by atoms with Crippen LogP contribution in [0.3, 0.4) is 0 Å². The van der Waals surface area contributed by atoms with E-state index >= 15 is 0 Å². The summed E-state index contributed by atoms with van der Waals surface area (Å²) in [5, 5.41) is 9.23. The molecule has 6 nitrogen and oxygen atoms in total. The number of carbonyl (C=O) groups is 2. The van der Waals surface area contributed by atoms with Gasteiger partial charge in [-0.3, -0.25) is 9.59 Å². The number of likely N-dealkylation sites (tertiary alicyclic amines) is 1. The van der Waals surface area contributed by atoms with Crippen molar-refractivity contribution >= 4 is 11.9 Å². The molecule has 0 saturated carbocycles. The number of benzene rings is 1. The van der Waals surface area contributed by atoms with Gasteiger partial charge in [-0.25, -0.2) is 4.98 Å². The Kier molecular flexibility index (Phi) is 4.38. The van der Waals surface area contributed by atoms with Crippen LogP contribution in [0.15, 0.2) is 40.9 Å². The average molecular weight is 328 g/mol. The minimum absolute atomic E-state index is 0.0561. The lowest BCUT2D eigenvalue weighted by molar-refractivity contribution is -0.147. The summed E-state index contributed by atoms with van der Waals surface area (Å²) in [5.74, 6) is 0.289. The highest BCUT2D eigenvalue weighted by molar-refractivity contribution is 5.80. The van der Waals surface area contributed by atoms with Crippen LogP contribution < -0.4 is 0 Å². The van der Waals surface area contributed by atoms with E-state index in [0.29, 0.717) is 31.0 Å². The van der Waals surface area contributed by atoms with Crippen LogP contribution in [-0.2, 0) is 16.0 Å². The summed E-state index contributed by atoms with van der Waals surface area (Å²) < 4.78 is 5.69. The van der Waals surface area contributed by atoms with E-state index in [9.17, 15) is 14.7 Å². The fourth-order valence-corrected chi connectivity index (χ4v) is 2.88. The molecule has 1 N–H and O–H groups in total. The number of aromatic nitrogens is 1. The van der Waals surface area contributed by atoms with E-state index in [2.05, 4.69) is 4.98 Å². The van der Waals surface area contributed by atoms with Gasteiger partial charge in [0.2, 0.25) is 5.91 Å². The maximum absolute atomic E-state index is 12.3. The monoisotopic (exact) mass is 328 g/mol. The highest BCUT2D eigenvalue weighted by Gasteiger charge is 2.41. The van der Waals surface area contributed by atoms with Crippen LogP contribution in [0.1, 0.15) is 25.7 Å². The van der Waals surface area contributed by atoms with Crippen molar-refractivity contribution in [1.82, 2.24) is 9.88 Å². The Morgan fingerprint density at radius 3 is 2.75 bits per heavy atom. The molecule has 1 unspecified atom stereocenters. The van der Waals surface area contributed by atoms with Gasteiger partial charge in [-0.05, 0) is 13.3 Å². The van der Waals surface area contributed by atoms with Gasteiger partial charge in [0.15, 0.2) is 11.7 Å². The topological polar surface area (TPSA) is 83.6 Å². The van der Waals surface area contributed by atoms with Crippen LogP contribution in [0.2, 0.25) is 0 Å². The number of hydrogen-bond donors (Lipinski definition) is 1. The molecule has 1 aliphatic rings. The van der Waals surface area contributed by atoms with Crippen LogP contribution >= 0.6 is 0 Å². The normalized spacial score (nSPS) is 20.3. The maximum Gasteiger partial charge on any atom is 0.311 e. The first-order valence-electron chi connectivity index (χ1n) is 7.99. The van der Waals surface area contributed by atoms with Gasteiger partial charge in [-0.2, -0.15) is 0 Å². The van der Waals surface area contributed by atoms with E-state index in [1.807, 2.05) is 30.3 Å². The zero-order valence-corrected chi connectivity index (χ0v) is 13.6. The number of nitrogens with zero attached hydrogens (tertiary/aromatic N) is 2.